The number of hydrogen-bond donors (Lipinski definition) is 2. The van der Waals surface area contributed by atoms with E-state index in [9.17, 15) is 9.59 Å². The molecule has 0 aliphatic heterocycles. The number of nitrogens with one attached hydrogen (secondary N) is 2. The van der Waals surface area contributed by atoms with E-state index in [0.29, 0.717) is 16.9 Å². The zero-order valence-electron chi connectivity index (χ0n) is 13.9. The number of hydrogen-bond acceptors (Lipinski definition) is 2. The maximum absolute atomic E-state index is 12.7. The second kappa shape index (κ2) is 6.20. The van der Waals surface area contributed by atoms with Crippen LogP contribution >= 0.6 is 0 Å². The van der Waals surface area contributed by atoms with Gasteiger partial charge in [-0.2, -0.15) is 0 Å². The van der Waals surface area contributed by atoms with Crippen LogP contribution in [-0.2, 0) is 11.8 Å². The van der Waals surface area contributed by atoms with Crippen molar-refractivity contribution in [3.05, 3.63) is 59.8 Å². The van der Waals surface area contributed by atoms with Gasteiger partial charge in [0.15, 0.2) is 0 Å². The van der Waals surface area contributed by atoms with Gasteiger partial charge in [0.1, 0.15) is 0 Å². The van der Waals surface area contributed by atoms with Crippen LogP contribution in [0.15, 0.2) is 48.5 Å². The van der Waals surface area contributed by atoms with Crippen molar-refractivity contribution in [2.24, 2.45) is 7.05 Å². The fourth-order valence-corrected chi connectivity index (χ4v) is 2.84. The summed E-state index contributed by atoms with van der Waals surface area (Å²) in [6, 6.07) is 14.9. The SMILES string of the molecule is CC(=O)Nc1ccc(NC(=O)c2c(C)n(C)c3ccccc23)cc1. The summed E-state index contributed by atoms with van der Waals surface area (Å²) in [6.07, 6.45) is 0. The summed E-state index contributed by atoms with van der Waals surface area (Å²) in [6.45, 7) is 3.40. The lowest BCUT2D eigenvalue weighted by Crippen LogP contribution is -2.13. The molecule has 2 N–H and O–H groups in total. The standard InChI is InChI=1S/C19H19N3O2/c1-12-18(16-6-4-5-7-17(16)22(12)3)19(24)21-15-10-8-14(9-11-15)20-13(2)23/h4-11H,1-3H3,(H,20,23)(H,21,24). The van der Waals surface area contributed by atoms with E-state index >= 15 is 0 Å². The van der Waals surface area contributed by atoms with Crippen LogP contribution in [0.3, 0.4) is 0 Å². The summed E-state index contributed by atoms with van der Waals surface area (Å²) in [5.41, 5.74) is 4.01. The number of rotatable bonds is 3. The van der Waals surface area contributed by atoms with Crippen LogP contribution < -0.4 is 10.6 Å². The Balaban J connectivity index is 1.88. The number of carbonyl (C=O) groups is 2. The third kappa shape index (κ3) is 2.88. The molecule has 3 rings (SSSR count). The summed E-state index contributed by atoms with van der Waals surface area (Å²) in [4.78, 5) is 23.8. The zero-order chi connectivity index (χ0) is 17.3. The Labute approximate surface area is 140 Å². The summed E-state index contributed by atoms with van der Waals surface area (Å²) >= 11 is 0. The van der Waals surface area contributed by atoms with Crippen molar-refractivity contribution in [1.29, 1.82) is 0 Å². The number of amides is 2. The molecule has 0 spiro atoms. The highest BCUT2D eigenvalue weighted by Crippen LogP contribution is 2.25. The molecule has 0 saturated heterocycles. The van der Waals surface area contributed by atoms with Crippen LogP contribution in [0.2, 0.25) is 0 Å². The van der Waals surface area contributed by atoms with E-state index in [-0.39, 0.29) is 11.8 Å². The van der Waals surface area contributed by atoms with Crippen LogP contribution in [0.4, 0.5) is 11.4 Å². The molecule has 2 aromatic carbocycles. The third-order valence-electron chi connectivity index (χ3n) is 4.09. The van der Waals surface area contributed by atoms with Crippen LogP contribution in [0.5, 0.6) is 0 Å². The van der Waals surface area contributed by atoms with Crippen molar-refractivity contribution in [3.63, 3.8) is 0 Å². The molecule has 5 heteroatoms. The van der Waals surface area contributed by atoms with E-state index in [1.54, 1.807) is 24.3 Å². The molecule has 122 valence electrons. The van der Waals surface area contributed by atoms with Gasteiger partial charge in [-0.3, -0.25) is 9.59 Å². The Hall–Kier alpha value is -3.08. The Bertz CT molecular complexity index is 924. The molecule has 3 aromatic rings. The molecule has 5 nitrogen and oxygen atoms in total. The smallest absolute Gasteiger partial charge is 0.258 e. The normalized spacial score (nSPS) is 10.6. The predicted octanol–water partition coefficient (Wildman–Crippen LogP) is 3.70. The molecule has 1 aromatic heterocycles. The minimum absolute atomic E-state index is 0.127. The molecule has 2 amide bonds. The highest BCUT2D eigenvalue weighted by atomic mass is 16.2. The maximum Gasteiger partial charge on any atom is 0.258 e. The Morgan fingerprint density at radius 2 is 1.50 bits per heavy atom. The minimum Gasteiger partial charge on any atom is -0.347 e. The average molecular weight is 321 g/mol. The van der Waals surface area contributed by atoms with Gasteiger partial charge in [0.05, 0.1) is 5.56 Å². The quantitative estimate of drug-likeness (QED) is 0.772. The summed E-state index contributed by atoms with van der Waals surface area (Å²) in [5, 5.41) is 6.55. The highest BCUT2D eigenvalue weighted by molar-refractivity contribution is 6.14. The molecule has 0 unspecified atom stereocenters. The molecule has 0 radical (unpaired) electrons. The Morgan fingerprint density at radius 3 is 2.12 bits per heavy atom. The van der Waals surface area contributed by atoms with Crippen LogP contribution in [0.1, 0.15) is 23.0 Å². The molecule has 1 heterocycles. The van der Waals surface area contributed by atoms with Gasteiger partial charge in [-0.25, -0.2) is 0 Å². The molecule has 0 bridgehead atoms. The van der Waals surface area contributed by atoms with Crippen molar-refractivity contribution < 1.29 is 9.59 Å². The van der Waals surface area contributed by atoms with E-state index in [1.807, 2.05) is 42.8 Å². The molecule has 0 saturated carbocycles. The van der Waals surface area contributed by atoms with Gasteiger partial charge in [0.25, 0.3) is 5.91 Å². The first kappa shape index (κ1) is 15.8. The van der Waals surface area contributed by atoms with E-state index in [1.165, 1.54) is 6.92 Å². The van der Waals surface area contributed by atoms with Gasteiger partial charge in [-0.05, 0) is 37.3 Å². The van der Waals surface area contributed by atoms with Gasteiger partial charge in [-0.15, -0.1) is 0 Å². The van der Waals surface area contributed by atoms with Gasteiger partial charge in [-0.1, -0.05) is 18.2 Å². The van der Waals surface area contributed by atoms with Crippen molar-refractivity contribution in [1.82, 2.24) is 4.57 Å². The molecule has 0 fully saturated rings. The number of benzene rings is 2. The molecule has 24 heavy (non-hydrogen) atoms. The van der Waals surface area contributed by atoms with Gasteiger partial charge in [0.2, 0.25) is 5.91 Å². The number of carbonyl (C=O) groups excluding carboxylic acids is 2. The number of aromatic nitrogens is 1. The zero-order valence-corrected chi connectivity index (χ0v) is 13.9. The fraction of sp³-hybridized carbons (Fsp3) is 0.158. The predicted molar refractivity (Wildman–Crippen MR) is 96.4 cm³/mol. The number of para-hydroxylation sites is 1. The second-order valence-electron chi connectivity index (χ2n) is 5.75. The van der Waals surface area contributed by atoms with Gasteiger partial charge < -0.3 is 15.2 Å². The van der Waals surface area contributed by atoms with E-state index in [2.05, 4.69) is 10.6 Å². The molecule has 0 aliphatic rings. The summed E-state index contributed by atoms with van der Waals surface area (Å²) in [5.74, 6) is -0.269. The Morgan fingerprint density at radius 1 is 0.917 bits per heavy atom. The topological polar surface area (TPSA) is 63.1 Å². The lowest BCUT2D eigenvalue weighted by Gasteiger charge is -2.07. The average Bonchev–Trinajstić information content (AvgIpc) is 2.81. The van der Waals surface area contributed by atoms with Gasteiger partial charge in [0, 0.05) is 41.9 Å². The number of anilines is 2. The largest absolute Gasteiger partial charge is 0.347 e. The number of aryl methyl sites for hydroxylation is 1. The second-order valence-corrected chi connectivity index (χ2v) is 5.75. The van der Waals surface area contributed by atoms with Crippen molar-refractivity contribution in [2.45, 2.75) is 13.8 Å². The number of fused-ring (bicyclic) bond motifs is 1. The lowest BCUT2D eigenvalue weighted by molar-refractivity contribution is -0.114. The summed E-state index contributed by atoms with van der Waals surface area (Å²) < 4.78 is 2.02. The van der Waals surface area contributed by atoms with Crippen LogP contribution in [0.25, 0.3) is 10.9 Å². The van der Waals surface area contributed by atoms with E-state index in [0.717, 1.165) is 16.6 Å². The first-order valence-corrected chi connectivity index (χ1v) is 7.70. The first-order chi connectivity index (χ1) is 11.5. The monoisotopic (exact) mass is 321 g/mol. The van der Waals surface area contributed by atoms with E-state index < -0.39 is 0 Å². The third-order valence-corrected chi connectivity index (χ3v) is 4.09. The summed E-state index contributed by atoms with van der Waals surface area (Å²) in [7, 11) is 1.96. The lowest BCUT2D eigenvalue weighted by atomic mass is 10.1. The maximum atomic E-state index is 12.7. The Kier molecular flexibility index (Phi) is 4.08. The van der Waals surface area contributed by atoms with Crippen LogP contribution in [0, 0.1) is 6.92 Å². The van der Waals surface area contributed by atoms with Crippen molar-refractivity contribution in [3.8, 4) is 0 Å². The molecule has 0 aliphatic carbocycles. The fourth-order valence-electron chi connectivity index (χ4n) is 2.84. The van der Waals surface area contributed by atoms with Crippen molar-refractivity contribution >= 4 is 34.1 Å². The van der Waals surface area contributed by atoms with Crippen molar-refractivity contribution in [2.75, 3.05) is 10.6 Å². The highest BCUT2D eigenvalue weighted by Gasteiger charge is 2.18. The number of nitrogens with zero attached hydrogens (tertiary/aromatic N) is 1. The molecular weight excluding hydrogens is 302 g/mol. The minimum atomic E-state index is -0.142. The van der Waals surface area contributed by atoms with E-state index in [4.69, 9.17) is 0 Å². The molecular formula is C19H19N3O2. The van der Waals surface area contributed by atoms with Crippen LogP contribution in [-0.4, -0.2) is 16.4 Å². The first-order valence-electron chi connectivity index (χ1n) is 7.70. The van der Waals surface area contributed by atoms with Gasteiger partial charge >= 0.3 is 0 Å². The molecule has 0 atom stereocenters.